The maximum Gasteiger partial charge on any atom is 0.435 e. The predicted molar refractivity (Wildman–Crippen MR) is 112 cm³/mol. The van der Waals surface area contributed by atoms with E-state index < -0.39 is 39.3 Å². The molecule has 0 spiro atoms. The highest BCUT2D eigenvalue weighted by molar-refractivity contribution is 7.92. The van der Waals surface area contributed by atoms with Crippen molar-refractivity contribution in [3.05, 3.63) is 70.5 Å². The van der Waals surface area contributed by atoms with Crippen LogP contribution in [0.25, 0.3) is 5.69 Å². The van der Waals surface area contributed by atoms with E-state index in [1.54, 1.807) is 6.92 Å². The van der Waals surface area contributed by atoms with E-state index in [1.807, 2.05) is 0 Å². The Balaban J connectivity index is 1.90. The molecular weight excluding hydrogens is 484 g/mol. The number of fused-ring (bicyclic) bond motifs is 1. The maximum atomic E-state index is 13.6. The summed E-state index contributed by atoms with van der Waals surface area (Å²) < 4.78 is 110. The molecule has 4 rings (SSSR count). The molecule has 2 aromatic carbocycles. The average molecular weight is 503 g/mol. The summed E-state index contributed by atoms with van der Waals surface area (Å²) in [5.74, 6) is 0. The molecule has 182 valence electrons. The highest BCUT2D eigenvalue weighted by Gasteiger charge is 2.40. The number of nitrogens with one attached hydrogen (secondary N) is 1. The van der Waals surface area contributed by atoms with Gasteiger partial charge in [0.05, 0.1) is 21.8 Å². The normalized spacial score (nSPS) is 14.7. The van der Waals surface area contributed by atoms with Crippen molar-refractivity contribution in [3.8, 4) is 5.69 Å². The number of hydrogen-bond acceptors (Lipinski definition) is 3. The van der Waals surface area contributed by atoms with Crippen molar-refractivity contribution in [3.63, 3.8) is 0 Å². The number of sulfonamides is 1. The summed E-state index contributed by atoms with van der Waals surface area (Å²) in [5, 5.41) is 3.68. The van der Waals surface area contributed by atoms with E-state index in [4.69, 9.17) is 0 Å². The Morgan fingerprint density at radius 1 is 0.912 bits per heavy atom. The molecule has 0 aliphatic heterocycles. The maximum absolute atomic E-state index is 13.6. The van der Waals surface area contributed by atoms with E-state index in [2.05, 4.69) is 9.82 Å². The number of rotatable bonds is 4. The molecular formula is C22H19F6N3O2S. The van der Waals surface area contributed by atoms with Crippen LogP contribution in [0.1, 0.15) is 40.9 Å². The summed E-state index contributed by atoms with van der Waals surface area (Å²) in [6.07, 6.45) is -8.13. The van der Waals surface area contributed by atoms with Crippen molar-refractivity contribution in [2.24, 2.45) is 0 Å². The quantitative estimate of drug-likeness (QED) is 0.451. The second-order valence-corrected chi connectivity index (χ2v) is 9.72. The first-order valence-corrected chi connectivity index (χ1v) is 11.7. The second kappa shape index (κ2) is 8.33. The third-order valence-corrected chi connectivity index (χ3v) is 6.96. The van der Waals surface area contributed by atoms with Crippen molar-refractivity contribution in [2.45, 2.75) is 49.9 Å². The summed E-state index contributed by atoms with van der Waals surface area (Å²) >= 11 is 0. The Labute approximate surface area is 191 Å². The lowest BCUT2D eigenvalue weighted by Gasteiger charge is -2.19. The van der Waals surface area contributed by atoms with Crippen molar-refractivity contribution in [1.29, 1.82) is 0 Å². The molecule has 0 saturated carbocycles. The molecule has 0 atom stereocenters. The van der Waals surface area contributed by atoms with E-state index in [-0.39, 0.29) is 34.7 Å². The first-order valence-electron chi connectivity index (χ1n) is 10.3. The predicted octanol–water partition coefficient (Wildman–Crippen LogP) is 5.90. The van der Waals surface area contributed by atoms with E-state index in [1.165, 1.54) is 24.3 Å². The minimum atomic E-state index is -4.80. The number of anilines is 1. The molecule has 0 bridgehead atoms. The van der Waals surface area contributed by atoms with Crippen LogP contribution in [-0.2, 0) is 35.2 Å². The number of nitrogens with zero attached hydrogens (tertiary/aromatic N) is 2. The van der Waals surface area contributed by atoms with Crippen molar-refractivity contribution in [1.82, 2.24) is 9.78 Å². The smallest absolute Gasteiger partial charge is 0.277 e. The fourth-order valence-electron chi connectivity index (χ4n) is 3.93. The van der Waals surface area contributed by atoms with E-state index in [0.717, 1.165) is 16.3 Å². The molecule has 12 heteroatoms. The summed E-state index contributed by atoms with van der Waals surface area (Å²) in [6, 6.07) is 7.76. The third kappa shape index (κ3) is 4.63. The molecule has 0 radical (unpaired) electrons. The van der Waals surface area contributed by atoms with Gasteiger partial charge in [-0.1, -0.05) is 17.7 Å². The lowest BCUT2D eigenvalue weighted by atomic mass is 9.95. The van der Waals surface area contributed by atoms with Crippen LogP contribution in [0, 0.1) is 6.92 Å². The van der Waals surface area contributed by atoms with Crippen LogP contribution in [0.3, 0.4) is 0 Å². The summed E-state index contributed by atoms with van der Waals surface area (Å²) in [5.41, 5.74) is -2.08. The number of alkyl halides is 6. The SMILES string of the molecule is Cc1ccc(S(=O)(=O)Nc2cc(C(F)(F)F)ccc2-n2nc(C(F)(F)F)c3c2CCCC3)cc1. The molecule has 3 aromatic rings. The average Bonchev–Trinajstić information content (AvgIpc) is 3.13. The van der Waals surface area contributed by atoms with Crippen molar-refractivity contribution < 1.29 is 34.8 Å². The molecule has 1 aromatic heterocycles. The summed E-state index contributed by atoms with van der Waals surface area (Å²) in [4.78, 5) is -0.208. The van der Waals surface area contributed by atoms with Gasteiger partial charge in [0.1, 0.15) is 0 Å². The Morgan fingerprint density at radius 2 is 1.56 bits per heavy atom. The first-order chi connectivity index (χ1) is 15.8. The van der Waals surface area contributed by atoms with Gasteiger partial charge in [-0.25, -0.2) is 13.1 Å². The standard InChI is InChI=1S/C22H19F6N3O2S/c1-13-6-9-15(10-7-13)34(32,33)30-17-12-14(21(23,24)25)8-11-19(17)31-18-5-3-2-4-16(18)20(29-31)22(26,27)28/h6-12,30H,2-5H2,1H3. The number of aryl methyl sites for hydroxylation is 1. The molecule has 0 saturated heterocycles. The largest absolute Gasteiger partial charge is 0.435 e. The van der Waals surface area contributed by atoms with Crippen LogP contribution < -0.4 is 4.72 Å². The van der Waals surface area contributed by atoms with Gasteiger partial charge in [-0.15, -0.1) is 0 Å². The summed E-state index contributed by atoms with van der Waals surface area (Å²) in [7, 11) is -4.35. The first kappa shape index (κ1) is 24.1. The molecule has 34 heavy (non-hydrogen) atoms. The molecule has 5 nitrogen and oxygen atoms in total. The van der Waals surface area contributed by atoms with Gasteiger partial charge in [0.15, 0.2) is 5.69 Å². The van der Waals surface area contributed by atoms with Gasteiger partial charge >= 0.3 is 12.4 Å². The monoisotopic (exact) mass is 503 g/mol. The van der Waals surface area contributed by atoms with Gasteiger partial charge in [0.25, 0.3) is 10.0 Å². The lowest BCUT2D eigenvalue weighted by molar-refractivity contribution is -0.142. The Kier molecular flexibility index (Phi) is 5.91. The van der Waals surface area contributed by atoms with Crippen molar-refractivity contribution in [2.75, 3.05) is 4.72 Å². The number of benzene rings is 2. The van der Waals surface area contributed by atoms with Gasteiger partial charge in [0, 0.05) is 11.3 Å². The van der Waals surface area contributed by atoms with Gasteiger partial charge in [-0.2, -0.15) is 31.4 Å². The van der Waals surface area contributed by atoms with Gasteiger partial charge < -0.3 is 0 Å². The molecule has 1 N–H and O–H groups in total. The van der Waals surface area contributed by atoms with Crippen LogP contribution in [0.4, 0.5) is 32.0 Å². The zero-order valence-electron chi connectivity index (χ0n) is 17.8. The molecule has 1 heterocycles. The summed E-state index contributed by atoms with van der Waals surface area (Å²) in [6.45, 7) is 1.73. The minimum Gasteiger partial charge on any atom is -0.277 e. The third-order valence-electron chi connectivity index (χ3n) is 5.58. The zero-order valence-corrected chi connectivity index (χ0v) is 18.6. The Morgan fingerprint density at radius 3 is 2.18 bits per heavy atom. The topological polar surface area (TPSA) is 64.0 Å². The van der Waals surface area contributed by atoms with Crippen LogP contribution >= 0.6 is 0 Å². The molecule has 1 aliphatic rings. The second-order valence-electron chi connectivity index (χ2n) is 8.04. The Bertz CT molecular complexity index is 1330. The number of aromatic nitrogens is 2. The van der Waals surface area contributed by atoms with Crippen LogP contribution in [0.5, 0.6) is 0 Å². The molecule has 0 fully saturated rings. The highest BCUT2D eigenvalue weighted by atomic mass is 32.2. The lowest BCUT2D eigenvalue weighted by Crippen LogP contribution is -2.17. The highest BCUT2D eigenvalue weighted by Crippen LogP contribution is 2.39. The fraction of sp³-hybridized carbons (Fsp3) is 0.318. The Hall–Kier alpha value is -3.02. The van der Waals surface area contributed by atoms with E-state index in [0.29, 0.717) is 25.0 Å². The molecule has 0 unspecified atom stereocenters. The van der Waals surface area contributed by atoms with E-state index >= 15 is 0 Å². The van der Waals surface area contributed by atoms with E-state index in [9.17, 15) is 34.8 Å². The minimum absolute atomic E-state index is 0.0222. The van der Waals surface area contributed by atoms with Gasteiger partial charge in [-0.05, 0) is 62.9 Å². The number of halogens is 6. The fourth-order valence-corrected chi connectivity index (χ4v) is 4.99. The molecule has 0 amide bonds. The van der Waals surface area contributed by atoms with Crippen LogP contribution in [0.15, 0.2) is 47.4 Å². The van der Waals surface area contributed by atoms with Gasteiger partial charge in [0.2, 0.25) is 0 Å². The van der Waals surface area contributed by atoms with Gasteiger partial charge in [-0.3, -0.25) is 4.72 Å². The number of hydrogen-bond donors (Lipinski definition) is 1. The van der Waals surface area contributed by atoms with Crippen LogP contribution in [0.2, 0.25) is 0 Å². The van der Waals surface area contributed by atoms with Crippen LogP contribution in [-0.4, -0.2) is 18.2 Å². The molecule has 1 aliphatic carbocycles. The zero-order chi connectivity index (χ0) is 24.9. The van der Waals surface area contributed by atoms with Crippen molar-refractivity contribution >= 4 is 15.7 Å².